The summed E-state index contributed by atoms with van der Waals surface area (Å²) in [6.07, 6.45) is -0.992. The Morgan fingerprint density at radius 1 is 0.967 bits per heavy atom. The maximum absolute atomic E-state index is 11.6. The number of hydrogen-bond acceptors (Lipinski definition) is 9. The first-order valence-electron chi connectivity index (χ1n) is 9.07. The molecule has 0 aromatic heterocycles. The molecule has 166 valence electrons. The lowest BCUT2D eigenvalue weighted by molar-refractivity contribution is -0.146. The second-order valence-corrected chi connectivity index (χ2v) is 5.70. The Kier molecular flexibility index (Phi) is 10.5. The number of hydrogen-bond donors (Lipinski definition) is 2. The highest BCUT2D eigenvalue weighted by Gasteiger charge is 2.22. The molecule has 11 nitrogen and oxygen atoms in total. The summed E-state index contributed by atoms with van der Waals surface area (Å²) in [4.78, 5) is 45.8. The molecule has 30 heavy (non-hydrogen) atoms. The second kappa shape index (κ2) is 12.9. The Hall–Kier alpha value is -3.50. The molecule has 2 N–H and O–H groups in total. The lowest BCUT2D eigenvalue weighted by Crippen LogP contribution is -2.42. The number of methoxy groups -OCH3 is 1. The molecule has 1 rings (SSSR count). The minimum absolute atomic E-state index is 0.0899. The monoisotopic (exact) mass is 427 g/mol. The smallest absolute Gasteiger partial charge is 0.407 e. The third-order valence-electron chi connectivity index (χ3n) is 3.53. The third-order valence-corrected chi connectivity index (χ3v) is 3.53. The Labute approximate surface area is 173 Å². The fourth-order valence-corrected chi connectivity index (χ4v) is 2.23. The maximum atomic E-state index is 11.6. The number of carboxylic acids is 1. The van der Waals surface area contributed by atoms with Crippen LogP contribution in [0.1, 0.15) is 19.4 Å². The van der Waals surface area contributed by atoms with E-state index in [1.165, 1.54) is 18.2 Å². The van der Waals surface area contributed by atoms with E-state index in [0.29, 0.717) is 5.56 Å². The fourth-order valence-electron chi connectivity index (χ4n) is 2.23. The number of amides is 1. The van der Waals surface area contributed by atoms with Gasteiger partial charge in [-0.25, -0.2) is 19.2 Å². The predicted molar refractivity (Wildman–Crippen MR) is 101 cm³/mol. The number of carboxylic acid groups (broad SMARTS) is 1. The normalized spacial score (nSPS) is 11.0. The summed E-state index contributed by atoms with van der Waals surface area (Å²) < 4.78 is 24.8. The van der Waals surface area contributed by atoms with Crippen molar-refractivity contribution < 1.29 is 48.0 Å². The van der Waals surface area contributed by atoms with Crippen LogP contribution >= 0.6 is 0 Å². The highest BCUT2D eigenvalue weighted by molar-refractivity contribution is 5.80. The van der Waals surface area contributed by atoms with E-state index in [1.807, 2.05) is 0 Å². The van der Waals surface area contributed by atoms with Crippen molar-refractivity contribution in [3.8, 4) is 11.5 Å². The summed E-state index contributed by atoms with van der Waals surface area (Å²) in [6, 6.07) is 3.16. The van der Waals surface area contributed by atoms with Gasteiger partial charge in [-0.2, -0.15) is 0 Å². The summed E-state index contributed by atoms with van der Waals surface area (Å²) in [6.45, 7) is 2.86. The van der Waals surface area contributed by atoms with Gasteiger partial charge in [-0.05, 0) is 31.5 Å². The molecule has 1 unspecified atom stereocenters. The Morgan fingerprint density at radius 3 is 2.03 bits per heavy atom. The van der Waals surface area contributed by atoms with Crippen LogP contribution in [-0.4, -0.2) is 68.7 Å². The van der Waals surface area contributed by atoms with Crippen molar-refractivity contribution in [3.05, 3.63) is 23.8 Å². The van der Waals surface area contributed by atoms with Crippen molar-refractivity contribution in [2.75, 3.05) is 33.5 Å². The molecule has 1 aromatic rings. The lowest BCUT2D eigenvalue weighted by atomic mass is 10.1. The molecule has 0 bridgehead atoms. The minimum atomic E-state index is -1.27. The molecular weight excluding hydrogens is 402 g/mol. The second-order valence-electron chi connectivity index (χ2n) is 5.70. The molecule has 0 spiro atoms. The van der Waals surface area contributed by atoms with E-state index in [9.17, 15) is 24.3 Å². The molecule has 1 aromatic carbocycles. The van der Waals surface area contributed by atoms with E-state index >= 15 is 0 Å². The van der Waals surface area contributed by atoms with Gasteiger partial charge in [-0.1, -0.05) is 6.07 Å². The summed E-state index contributed by atoms with van der Waals surface area (Å²) in [7, 11) is 1.12. The van der Waals surface area contributed by atoms with Gasteiger partial charge in [0, 0.05) is 6.42 Å². The van der Waals surface area contributed by atoms with Gasteiger partial charge in [0.15, 0.2) is 24.7 Å². The topological polar surface area (TPSA) is 147 Å². The van der Waals surface area contributed by atoms with Crippen LogP contribution in [0.4, 0.5) is 4.79 Å². The van der Waals surface area contributed by atoms with Gasteiger partial charge in [-0.15, -0.1) is 0 Å². The van der Waals surface area contributed by atoms with E-state index < -0.39 is 36.6 Å². The SMILES string of the molecule is CCOC(=O)COc1ccc(CC(NC(=O)OC)C(=O)O)cc1OCC(=O)OCC. The van der Waals surface area contributed by atoms with Crippen LogP contribution in [0.5, 0.6) is 11.5 Å². The van der Waals surface area contributed by atoms with Gasteiger partial charge in [0.2, 0.25) is 0 Å². The summed E-state index contributed by atoms with van der Waals surface area (Å²) in [5, 5.41) is 11.5. The number of benzene rings is 1. The number of carbonyl (C=O) groups excluding carboxylic acids is 3. The van der Waals surface area contributed by atoms with Gasteiger partial charge in [0.25, 0.3) is 0 Å². The van der Waals surface area contributed by atoms with Gasteiger partial charge in [0.05, 0.1) is 20.3 Å². The van der Waals surface area contributed by atoms with Crippen molar-refractivity contribution in [1.29, 1.82) is 0 Å². The molecule has 0 aliphatic carbocycles. The molecule has 0 saturated heterocycles. The lowest BCUT2D eigenvalue weighted by Gasteiger charge is -2.16. The molecule has 0 heterocycles. The average molecular weight is 427 g/mol. The molecule has 0 aliphatic rings. The van der Waals surface area contributed by atoms with Crippen LogP contribution in [0.2, 0.25) is 0 Å². The number of alkyl carbamates (subject to hydrolysis) is 1. The van der Waals surface area contributed by atoms with Crippen LogP contribution in [-0.2, 0) is 35.0 Å². The quantitative estimate of drug-likeness (QED) is 0.364. The minimum Gasteiger partial charge on any atom is -0.480 e. The summed E-state index contributed by atoms with van der Waals surface area (Å²) in [5.41, 5.74) is 0.459. The molecule has 0 radical (unpaired) electrons. The zero-order valence-electron chi connectivity index (χ0n) is 17.0. The van der Waals surface area contributed by atoms with E-state index in [0.717, 1.165) is 7.11 Å². The van der Waals surface area contributed by atoms with Gasteiger partial charge in [0.1, 0.15) is 6.04 Å². The van der Waals surface area contributed by atoms with Crippen LogP contribution in [0.15, 0.2) is 18.2 Å². The number of aliphatic carboxylic acids is 1. The van der Waals surface area contributed by atoms with Crippen molar-refractivity contribution >= 4 is 24.0 Å². The number of esters is 2. The Bertz CT molecular complexity index is 749. The van der Waals surface area contributed by atoms with Gasteiger partial charge >= 0.3 is 24.0 Å². The highest BCUT2D eigenvalue weighted by Crippen LogP contribution is 2.29. The maximum Gasteiger partial charge on any atom is 0.407 e. The number of ether oxygens (including phenoxy) is 5. The molecule has 1 amide bonds. The van der Waals surface area contributed by atoms with Crippen molar-refractivity contribution in [2.24, 2.45) is 0 Å². The van der Waals surface area contributed by atoms with Crippen molar-refractivity contribution in [1.82, 2.24) is 5.32 Å². The van der Waals surface area contributed by atoms with Crippen LogP contribution in [0.25, 0.3) is 0 Å². The fraction of sp³-hybridized carbons (Fsp3) is 0.474. The first-order chi connectivity index (χ1) is 14.3. The molecule has 0 saturated carbocycles. The molecule has 0 aliphatic heterocycles. The van der Waals surface area contributed by atoms with Gasteiger partial charge in [-0.3, -0.25) is 0 Å². The van der Waals surface area contributed by atoms with E-state index in [-0.39, 0.29) is 37.7 Å². The summed E-state index contributed by atoms with van der Waals surface area (Å²) in [5.74, 6) is -2.24. The largest absolute Gasteiger partial charge is 0.480 e. The standard InChI is InChI=1S/C19H25NO10/c1-4-27-16(21)10-29-14-7-6-12(8-13(18(23)24)20-19(25)26-3)9-15(14)30-11-17(22)28-5-2/h6-7,9,13H,4-5,8,10-11H2,1-3H3,(H,20,25)(H,23,24). The number of nitrogens with one attached hydrogen (secondary N) is 1. The molecule has 0 fully saturated rings. The van der Waals surface area contributed by atoms with E-state index in [2.05, 4.69) is 10.1 Å². The summed E-state index contributed by atoms with van der Waals surface area (Å²) >= 11 is 0. The van der Waals surface area contributed by atoms with Crippen LogP contribution < -0.4 is 14.8 Å². The van der Waals surface area contributed by atoms with Crippen molar-refractivity contribution in [2.45, 2.75) is 26.3 Å². The average Bonchev–Trinajstić information content (AvgIpc) is 2.71. The zero-order chi connectivity index (χ0) is 22.5. The first kappa shape index (κ1) is 24.5. The van der Waals surface area contributed by atoms with Gasteiger partial charge < -0.3 is 34.1 Å². The highest BCUT2D eigenvalue weighted by atomic mass is 16.6. The zero-order valence-corrected chi connectivity index (χ0v) is 17.0. The van der Waals surface area contributed by atoms with Crippen LogP contribution in [0, 0.1) is 0 Å². The van der Waals surface area contributed by atoms with Crippen LogP contribution in [0.3, 0.4) is 0 Å². The molecular formula is C19H25NO10. The molecule has 11 heteroatoms. The van der Waals surface area contributed by atoms with E-state index in [4.69, 9.17) is 18.9 Å². The van der Waals surface area contributed by atoms with Crippen molar-refractivity contribution in [3.63, 3.8) is 0 Å². The Morgan fingerprint density at radius 2 is 1.53 bits per heavy atom. The molecule has 1 atom stereocenters. The first-order valence-corrected chi connectivity index (χ1v) is 9.07. The van der Waals surface area contributed by atoms with E-state index in [1.54, 1.807) is 13.8 Å². The number of rotatable bonds is 12. The third kappa shape index (κ3) is 8.67. The Balaban J connectivity index is 3.00. The predicted octanol–water partition coefficient (Wildman–Crippen LogP) is 0.922. The number of carbonyl (C=O) groups is 4.